The van der Waals surface area contributed by atoms with Gasteiger partial charge in [0.25, 0.3) is 0 Å². The van der Waals surface area contributed by atoms with Gasteiger partial charge in [-0.15, -0.1) is 0 Å². The lowest BCUT2D eigenvalue weighted by Gasteiger charge is -2.08. The van der Waals surface area contributed by atoms with Crippen molar-refractivity contribution < 1.29 is 0 Å². The Labute approximate surface area is 70.7 Å². The van der Waals surface area contributed by atoms with Crippen molar-refractivity contribution in [2.24, 2.45) is 10.7 Å². The molecule has 0 unspecified atom stereocenters. The zero-order chi connectivity index (χ0) is 8.55. The van der Waals surface area contributed by atoms with Crippen LogP contribution in [0.15, 0.2) is 35.2 Å². The van der Waals surface area contributed by atoms with Crippen LogP contribution < -0.4 is 5.73 Å². The number of aliphatic imine (C=N–C) groups is 1. The first kappa shape index (κ1) is 7.03. The van der Waals surface area contributed by atoms with E-state index in [4.69, 9.17) is 5.73 Å². The minimum atomic E-state index is 0.576. The van der Waals surface area contributed by atoms with Crippen molar-refractivity contribution >= 4 is 5.71 Å². The van der Waals surface area contributed by atoms with Crippen molar-refractivity contribution in [1.29, 1.82) is 0 Å². The standard InChI is InChI=1S/C9H9N3/c1-6-2-3-7(11-5-6)8-4-9(10)12-8/h2-5H,1H3,(H2,10,12). The van der Waals surface area contributed by atoms with E-state index in [1.807, 2.05) is 31.3 Å². The molecule has 2 rings (SSSR count). The summed E-state index contributed by atoms with van der Waals surface area (Å²) < 4.78 is 0. The second kappa shape index (κ2) is 2.44. The summed E-state index contributed by atoms with van der Waals surface area (Å²) in [7, 11) is 0. The molecular formula is C9H9N3. The molecule has 0 amide bonds. The molecule has 1 aliphatic heterocycles. The van der Waals surface area contributed by atoms with Crippen molar-refractivity contribution in [2.45, 2.75) is 6.92 Å². The van der Waals surface area contributed by atoms with Crippen LogP contribution >= 0.6 is 0 Å². The fraction of sp³-hybridized carbons (Fsp3) is 0.111. The smallest absolute Gasteiger partial charge is 0.126 e. The largest absolute Gasteiger partial charge is 0.384 e. The first-order valence-corrected chi connectivity index (χ1v) is 3.74. The average Bonchev–Trinajstić information content (AvgIpc) is 2.01. The molecular weight excluding hydrogens is 150 g/mol. The van der Waals surface area contributed by atoms with Gasteiger partial charge < -0.3 is 5.73 Å². The maximum atomic E-state index is 5.38. The topological polar surface area (TPSA) is 51.3 Å². The highest BCUT2D eigenvalue weighted by Gasteiger charge is 2.09. The second-order valence-corrected chi connectivity index (χ2v) is 2.79. The highest BCUT2D eigenvalue weighted by molar-refractivity contribution is 6.11. The van der Waals surface area contributed by atoms with Crippen LogP contribution in [0.2, 0.25) is 0 Å². The van der Waals surface area contributed by atoms with Gasteiger partial charge in [-0.2, -0.15) is 0 Å². The van der Waals surface area contributed by atoms with Crippen LogP contribution in [0.3, 0.4) is 0 Å². The fourth-order valence-corrected chi connectivity index (χ4v) is 1.03. The van der Waals surface area contributed by atoms with Gasteiger partial charge >= 0.3 is 0 Å². The summed E-state index contributed by atoms with van der Waals surface area (Å²) in [6, 6.07) is 3.95. The highest BCUT2D eigenvalue weighted by Crippen LogP contribution is 2.10. The van der Waals surface area contributed by atoms with Crippen LogP contribution in [0.5, 0.6) is 0 Å². The SMILES string of the molecule is Cc1ccc(C2=NC(N)=C2)nc1. The summed E-state index contributed by atoms with van der Waals surface area (Å²) in [5, 5.41) is 0. The molecule has 3 heteroatoms. The Morgan fingerprint density at radius 1 is 1.33 bits per heavy atom. The maximum Gasteiger partial charge on any atom is 0.126 e. The Morgan fingerprint density at radius 3 is 2.58 bits per heavy atom. The van der Waals surface area contributed by atoms with Gasteiger partial charge in [0.1, 0.15) is 5.82 Å². The summed E-state index contributed by atoms with van der Waals surface area (Å²) in [5.74, 6) is 0.576. The van der Waals surface area contributed by atoms with Crippen LogP contribution in [0.1, 0.15) is 11.3 Å². The Morgan fingerprint density at radius 2 is 2.08 bits per heavy atom. The molecule has 1 aliphatic rings. The number of aromatic nitrogens is 1. The quantitative estimate of drug-likeness (QED) is 0.664. The molecule has 0 spiro atoms. The third-order valence-corrected chi connectivity index (χ3v) is 1.71. The normalized spacial score (nSPS) is 14.8. The number of nitrogens with two attached hydrogens (primary N) is 1. The molecule has 2 N–H and O–H groups in total. The lowest BCUT2D eigenvalue weighted by molar-refractivity contribution is 1.17. The molecule has 0 saturated carbocycles. The minimum absolute atomic E-state index is 0.576. The monoisotopic (exact) mass is 159 g/mol. The maximum absolute atomic E-state index is 5.38. The van der Waals surface area contributed by atoms with Gasteiger partial charge in [-0.05, 0) is 18.6 Å². The predicted octanol–water partition coefficient (Wildman–Crippen LogP) is 0.993. The molecule has 1 aromatic rings. The number of nitrogens with zero attached hydrogens (tertiary/aromatic N) is 2. The third kappa shape index (κ3) is 1.09. The van der Waals surface area contributed by atoms with Crippen LogP contribution in [0, 0.1) is 6.92 Å². The summed E-state index contributed by atoms with van der Waals surface area (Å²) in [6.45, 7) is 2.00. The molecule has 0 radical (unpaired) electrons. The summed E-state index contributed by atoms with van der Waals surface area (Å²) >= 11 is 0. The fourth-order valence-electron chi connectivity index (χ4n) is 1.03. The Bertz CT molecular complexity index is 360. The van der Waals surface area contributed by atoms with Crippen LogP contribution in [0.25, 0.3) is 0 Å². The predicted molar refractivity (Wildman–Crippen MR) is 47.8 cm³/mol. The molecule has 0 atom stereocenters. The summed E-state index contributed by atoms with van der Waals surface area (Å²) in [5.41, 5.74) is 8.28. The van der Waals surface area contributed by atoms with Crippen molar-refractivity contribution in [2.75, 3.05) is 0 Å². The summed E-state index contributed by atoms with van der Waals surface area (Å²) in [6.07, 6.45) is 3.64. The van der Waals surface area contributed by atoms with E-state index in [1.54, 1.807) is 0 Å². The zero-order valence-electron chi connectivity index (χ0n) is 6.78. The van der Waals surface area contributed by atoms with Crippen LogP contribution in [-0.2, 0) is 0 Å². The van der Waals surface area contributed by atoms with E-state index in [0.717, 1.165) is 17.0 Å². The minimum Gasteiger partial charge on any atom is -0.384 e. The molecule has 60 valence electrons. The zero-order valence-corrected chi connectivity index (χ0v) is 6.78. The van der Waals surface area contributed by atoms with Gasteiger partial charge in [-0.1, -0.05) is 6.07 Å². The Hall–Kier alpha value is -1.64. The van der Waals surface area contributed by atoms with E-state index >= 15 is 0 Å². The first-order valence-electron chi connectivity index (χ1n) is 3.74. The molecule has 0 aromatic carbocycles. The lowest BCUT2D eigenvalue weighted by atomic mass is 10.1. The van der Waals surface area contributed by atoms with Crippen LogP contribution in [-0.4, -0.2) is 10.7 Å². The molecule has 12 heavy (non-hydrogen) atoms. The van der Waals surface area contributed by atoms with E-state index < -0.39 is 0 Å². The lowest BCUT2D eigenvalue weighted by Crippen LogP contribution is -2.13. The van der Waals surface area contributed by atoms with Gasteiger partial charge in [0, 0.05) is 12.3 Å². The molecule has 3 nitrogen and oxygen atoms in total. The van der Waals surface area contributed by atoms with Crippen molar-refractivity contribution in [3.63, 3.8) is 0 Å². The number of allylic oxidation sites excluding steroid dienone is 1. The molecule has 0 aliphatic carbocycles. The number of hydrogen-bond donors (Lipinski definition) is 1. The van der Waals surface area contributed by atoms with E-state index in [9.17, 15) is 0 Å². The molecule has 0 saturated heterocycles. The van der Waals surface area contributed by atoms with Crippen LogP contribution in [0.4, 0.5) is 0 Å². The second-order valence-electron chi connectivity index (χ2n) is 2.79. The van der Waals surface area contributed by atoms with E-state index in [-0.39, 0.29) is 0 Å². The van der Waals surface area contributed by atoms with E-state index in [2.05, 4.69) is 9.98 Å². The molecule has 0 bridgehead atoms. The Balaban J connectivity index is 2.26. The molecule has 0 fully saturated rings. The molecule has 1 aromatic heterocycles. The van der Waals surface area contributed by atoms with Gasteiger partial charge in [0.2, 0.25) is 0 Å². The van der Waals surface area contributed by atoms with Crippen molar-refractivity contribution in [3.8, 4) is 0 Å². The van der Waals surface area contributed by atoms with Crippen molar-refractivity contribution in [1.82, 2.24) is 4.98 Å². The van der Waals surface area contributed by atoms with Gasteiger partial charge in [-0.3, -0.25) is 4.98 Å². The number of pyridine rings is 1. The van der Waals surface area contributed by atoms with Gasteiger partial charge in [0.05, 0.1) is 11.4 Å². The molecule has 2 heterocycles. The number of rotatable bonds is 1. The number of hydrogen-bond acceptors (Lipinski definition) is 3. The highest BCUT2D eigenvalue weighted by atomic mass is 15.0. The van der Waals surface area contributed by atoms with Gasteiger partial charge in [-0.25, -0.2) is 4.99 Å². The Kier molecular flexibility index (Phi) is 1.43. The third-order valence-electron chi connectivity index (χ3n) is 1.71. The van der Waals surface area contributed by atoms with E-state index in [1.165, 1.54) is 0 Å². The first-order chi connectivity index (χ1) is 5.75. The number of aryl methyl sites for hydroxylation is 1. The average molecular weight is 159 g/mol. The van der Waals surface area contributed by atoms with Gasteiger partial charge in [0.15, 0.2) is 0 Å². The van der Waals surface area contributed by atoms with E-state index in [0.29, 0.717) is 5.82 Å². The van der Waals surface area contributed by atoms with Crippen molar-refractivity contribution in [3.05, 3.63) is 41.5 Å². The summed E-state index contributed by atoms with van der Waals surface area (Å²) in [4.78, 5) is 8.22.